The van der Waals surface area contributed by atoms with Gasteiger partial charge in [-0.2, -0.15) is 0 Å². The average Bonchev–Trinajstić information content (AvgIpc) is 2.19. The van der Waals surface area contributed by atoms with E-state index >= 15 is 0 Å². The van der Waals surface area contributed by atoms with Crippen LogP contribution >= 0.6 is 11.6 Å². The molecule has 88 valence electrons. The van der Waals surface area contributed by atoms with Crippen molar-refractivity contribution < 1.29 is 19.8 Å². The molecule has 1 rings (SSSR count). The van der Waals surface area contributed by atoms with Crippen LogP contribution in [-0.4, -0.2) is 41.1 Å². The number of carbonyl (C=O) groups is 1. The van der Waals surface area contributed by atoms with Gasteiger partial charge in [0, 0.05) is 7.11 Å². The molecular weight excluding hydrogens is 222 g/mol. The lowest BCUT2D eigenvalue weighted by Gasteiger charge is -2.15. The third-order valence-electron chi connectivity index (χ3n) is 1.90. The van der Waals surface area contributed by atoms with Gasteiger partial charge in [0.15, 0.2) is 0 Å². The quantitative estimate of drug-likeness (QED) is 0.435. The maximum Gasteiger partial charge on any atom is 0.329 e. The molecule has 15 heavy (non-hydrogen) atoms. The standard InChI is InChI=1S/C6H10ClNO.C3H6O3/c7-5-3-1-2-4-6(5)8-9;1-6-2-3(4)5/h5,9H,1-4H2;2H2,1H3,(H,4,5)/b8-6-;. The third-order valence-corrected chi connectivity index (χ3v) is 2.37. The molecule has 1 atom stereocenters. The van der Waals surface area contributed by atoms with Crippen molar-refractivity contribution in [2.45, 2.75) is 31.1 Å². The van der Waals surface area contributed by atoms with Crippen molar-refractivity contribution in [1.29, 1.82) is 0 Å². The zero-order chi connectivity index (χ0) is 11.7. The van der Waals surface area contributed by atoms with E-state index in [0.717, 1.165) is 31.4 Å². The van der Waals surface area contributed by atoms with Crippen molar-refractivity contribution in [3.8, 4) is 0 Å². The van der Waals surface area contributed by atoms with Crippen molar-refractivity contribution in [3.63, 3.8) is 0 Å². The van der Waals surface area contributed by atoms with E-state index in [9.17, 15) is 4.79 Å². The Morgan fingerprint density at radius 2 is 2.33 bits per heavy atom. The summed E-state index contributed by atoms with van der Waals surface area (Å²) in [7, 11) is 1.34. The zero-order valence-electron chi connectivity index (χ0n) is 8.65. The summed E-state index contributed by atoms with van der Waals surface area (Å²) in [6.07, 6.45) is 4.10. The predicted octanol–water partition coefficient (Wildman–Crippen LogP) is 1.72. The Kier molecular flexibility index (Phi) is 8.04. The van der Waals surface area contributed by atoms with Gasteiger partial charge in [0.05, 0.1) is 11.1 Å². The number of aliphatic carboxylic acids is 1. The molecule has 0 amide bonds. The van der Waals surface area contributed by atoms with E-state index in [1.165, 1.54) is 7.11 Å². The van der Waals surface area contributed by atoms with E-state index in [-0.39, 0.29) is 12.0 Å². The average molecular weight is 238 g/mol. The Labute approximate surface area is 93.7 Å². The van der Waals surface area contributed by atoms with Gasteiger partial charge in [0.25, 0.3) is 0 Å². The lowest BCUT2D eigenvalue weighted by atomic mass is 9.98. The molecule has 1 saturated carbocycles. The third kappa shape index (κ3) is 7.16. The number of nitrogens with zero attached hydrogens (tertiary/aromatic N) is 1. The van der Waals surface area contributed by atoms with Crippen molar-refractivity contribution in [1.82, 2.24) is 0 Å². The highest BCUT2D eigenvalue weighted by molar-refractivity contribution is 6.32. The monoisotopic (exact) mass is 237 g/mol. The Bertz CT molecular complexity index is 220. The van der Waals surface area contributed by atoms with Gasteiger partial charge in [-0.25, -0.2) is 4.79 Å². The van der Waals surface area contributed by atoms with E-state index in [2.05, 4.69) is 9.89 Å². The molecule has 0 radical (unpaired) electrons. The van der Waals surface area contributed by atoms with Crippen molar-refractivity contribution in [2.75, 3.05) is 13.7 Å². The summed E-state index contributed by atoms with van der Waals surface area (Å²) in [6, 6.07) is 0. The number of hydrogen-bond donors (Lipinski definition) is 2. The van der Waals surface area contributed by atoms with Crippen LogP contribution in [0.15, 0.2) is 5.16 Å². The Morgan fingerprint density at radius 1 is 1.67 bits per heavy atom. The molecule has 5 nitrogen and oxygen atoms in total. The topological polar surface area (TPSA) is 79.1 Å². The van der Waals surface area contributed by atoms with Gasteiger partial charge < -0.3 is 15.1 Å². The number of ether oxygens (including phenoxy) is 1. The molecule has 1 fully saturated rings. The summed E-state index contributed by atoms with van der Waals surface area (Å²) < 4.78 is 4.20. The molecule has 1 aliphatic carbocycles. The van der Waals surface area contributed by atoms with Crippen LogP contribution in [0, 0.1) is 0 Å². The van der Waals surface area contributed by atoms with E-state index in [0.29, 0.717) is 0 Å². The second-order valence-electron chi connectivity index (χ2n) is 3.13. The minimum atomic E-state index is -0.933. The van der Waals surface area contributed by atoms with Gasteiger partial charge >= 0.3 is 5.97 Å². The highest BCUT2D eigenvalue weighted by atomic mass is 35.5. The fourth-order valence-corrected chi connectivity index (χ4v) is 1.50. The number of halogens is 1. The minimum absolute atomic E-state index is 0.0104. The van der Waals surface area contributed by atoms with E-state index in [1.807, 2.05) is 0 Å². The van der Waals surface area contributed by atoms with Crippen LogP contribution in [0.4, 0.5) is 0 Å². The number of hydrogen-bond acceptors (Lipinski definition) is 4. The summed E-state index contributed by atoms with van der Waals surface area (Å²) in [5, 5.41) is 19.3. The number of oxime groups is 1. The summed E-state index contributed by atoms with van der Waals surface area (Å²) in [5.74, 6) is -0.933. The Morgan fingerprint density at radius 3 is 2.60 bits per heavy atom. The van der Waals surface area contributed by atoms with Crippen molar-refractivity contribution >= 4 is 23.3 Å². The van der Waals surface area contributed by atoms with E-state index in [4.69, 9.17) is 21.9 Å². The molecule has 0 bridgehead atoms. The van der Waals surface area contributed by atoms with Crippen LogP contribution in [-0.2, 0) is 9.53 Å². The number of alkyl halides is 1. The smallest absolute Gasteiger partial charge is 0.329 e. The molecule has 0 aromatic rings. The number of carboxylic acid groups (broad SMARTS) is 1. The highest BCUT2D eigenvalue weighted by Crippen LogP contribution is 2.19. The highest BCUT2D eigenvalue weighted by Gasteiger charge is 2.17. The van der Waals surface area contributed by atoms with Gasteiger partial charge in [-0.05, 0) is 19.3 Å². The maximum absolute atomic E-state index is 9.47. The summed E-state index contributed by atoms with van der Waals surface area (Å²) in [5.41, 5.74) is 0.753. The predicted molar refractivity (Wildman–Crippen MR) is 56.8 cm³/mol. The van der Waals surface area contributed by atoms with Crippen LogP contribution in [0.1, 0.15) is 25.7 Å². The van der Waals surface area contributed by atoms with Gasteiger partial charge in [0.1, 0.15) is 6.61 Å². The molecule has 0 saturated heterocycles. The molecular formula is C9H16ClNO4. The number of methoxy groups -OCH3 is 1. The second kappa shape index (κ2) is 8.49. The summed E-state index contributed by atoms with van der Waals surface area (Å²) in [4.78, 5) is 9.47. The first kappa shape index (κ1) is 14.2. The van der Waals surface area contributed by atoms with Crippen LogP contribution in [0.25, 0.3) is 0 Å². The molecule has 6 heteroatoms. The minimum Gasteiger partial charge on any atom is -0.480 e. The van der Waals surface area contributed by atoms with Crippen molar-refractivity contribution in [3.05, 3.63) is 0 Å². The van der Waals surface area contributed by atoms with Crippen LogP contribution in [0.2, 0.25) is 0 Å². The summed E-state index contributed by atoms with van der Waals surface area (Å²) >= 11 is 5.79. The van der Waals surface area contributed by atoms with Crippen LogP contribution < -0.4 is 0 Å². The van der Waals surface area contributed by atoms with Crippen LogP contribution in [0.3, 0.4) is 0 Å². The molecule has 1 aliphatic rings. The van der Waals surface area contributed by atoms with Crippen molar-refractivity contribution in [2.24, 2.45) is 5.16 Å². The van der Waals surface area contributed by atoms with Gasteiger partial charge in [-0.1, -0.05) is 11.6 Å². The van der Waals surface area contributed by atoms with Gasteiger partial charge in [-0.3, -0.25) is 0 Å². The second-order valence-corrected chi connectivity index (χ2v) is 3.66. The first-order valence-corrected chi connectivity index (χ1v) is 5.11. The molecule has 0 aromatic carbocycles. The van der Waals surface area contributed by atoms with Gasteiger partial charge in [0.2, 0.25) is 0 Å². The first-order valence-electron chi connectivity index (χ1n) is 4.67. The molecule has 0 spiro atoms. The van der Waals surface area contributed by atoms with E-state index < -0.39 is 5.97 Å². The fourth-order valence-electron chi connectivity index (χ4n) is 1.19. The maximum atomic E-state index is 9.47. The number of rotatable bonds is 2. The SMILES string of the molecule is COCC(=O)O.O/N=C1/CCCCC1Cl. The zero-order valence-corrected chi connectivity index (χ0v) is 9.40. The Hall–Kier alpha value is -0.810. The van der Waals surface area contributed by atoms with Crippen LogP contribution in [0.5, 0.6) is 0 Å². The largest absolute Gasteiger partial charge is 0.480 e. The number of carboxylic acids is 1. The first-order chi connectivity index (χ1) is 7.11. The summed E-state index contributed by atoms with van der Waals surface area (Å²) in [6.45, 7) is -0.208. The molecule has 0 aliphatic heterocycles. The normalized spacial score (nSPS) is 23.1. The molecule has 1 unspecified atom stereocenters. The molecule has 2 N–H and O–H groups in total. The Balaban J connectivity index is 0.000000288. The molecule has 0 aromatic heterocycles. The fraction of sp³-hybridized carbons (Fsp3) is 0.778. The van der Waals surface area contributed by atoms with E-state index in [1.54, 1.807) is 0 Å². The van der Waals surface area contributed by atoms with Gasteiger partial charge in [-0.15, -0.1) is 11.6 Å². The lowest BCUT2D eigenvalue weighted by Crippen LogP contribution is -2.18. The molecule has 0 heterocycles. The lowest BCUT2D eigenvalue weighted by molar-refractivity contribution is -0.141.